The SMILES string of the molecule is CC(C)c1cc(-c2ccc(-c3ccccc3)cc2)cc(C(C)C)c1-n1c(-c2[c-]ccc3c2oc2cc(C#N)ccc23)nc2ccccc21.C[Si](C)(C)c1ccc(-c2[c-]cccc2)nc1.[2H]c1[c-]c(-c2ccc([Si](C)(C)C)cn2)c([2H])c([2H])c1[2H].[Ir+3]. The van der Waals surface area contributed by atoms with Crippen LogP contribution in [0.3, 0.4) is 0 Å². The van der Waals surface area contributed by atoms with E-state index in [0.717, 1.165) is 50.1 Å². The molecule has 0 aliphatic carbocycles. The first-order valence-electron chi connectivity index (χ1n) is 29.2. The van der Waals surface area contributed by atoms with Crippen LogP contribution < -0.4 is 10.4 Å². The average molecular weight is 1270 g/mol. The number of fused-ring (bicyclic) bond motifs is 4. The Labute approximate surface area is 499 Å². The molecule has 4 aromatic heterocycles. The third kappa shape index (κ3) is 12.8. The summed E-state index contributed by atoms with van der Waals surface area (Å²) in [5, 5.41) is 14.1. The van der Waals surface area contributed by atoms with Crippen molar-refractivity contribution in [3.05, 3.63) is 241 Å². The van der Waals surface area contributed by atoms with Crippen LogP contribution >= 0.6 is 0 Å². The summed E-state index contributed by atoms with van der Waals surface area (Å²) >= 11 is 0. The Bertz CT molecular complexity index is 4350. The number of rotatable bonds is 10. The van der Waals surface area contributed by atoms with Crippen LogP contribution in [-0.2, 0) is 20.1 Å². The summed E-state index contributed by atoms with van der Waals surface area (Å²) in [4.78, 5) is 14.1. The van der Waals surface area contributed by atoms with Gasteiger partial charge in [-0.05, 0) is 106 Å². The monoisotopic (exact) mass is 1270 g/mol. The van der Waals surface area contributed by atoms with Gasteiger partial charge in [0.2, 0.25) is 0 Å². The minimum atomic E-state index is -1.43. The Morgan fingerprint density at radius 2 is 1.19 bits per heavy atom. The van der Waals surface area contributed by atoms with Crippen molar-refractivity contribution in [2.75, 3.05) is 0 Å². The van der Waals surface area contributed by atoms with Gasteiger partial charge in [0.25, 0.3) is 0 Å². The number of aromatic nitrogens is 4. The first-order chi connectivity index (χ1) is 40.2. The Hall–Kier alpha value is -8.10. The molecule has 0 N–H and O–H groups in total. The van der Waals surface area contributed by atoms with Gasteiger partial charge in [-0.3, -0.25) is 4.98 Å². The third-order valence-corrected chi connectivity index (χ3v) is 18.4. The summed E-state index contributed by atoms with van der Waals surface area (Å²) in [6.07, 6.45) is 3.82. The molecule has 0 radical (unpaired) electrons. The number of hydrogen-bond donors (Lipinski definition) is 0. The molecular formula is C72H66IrN5OSi2. The molecule has 8 aromatic carbocycles. The maximum absolute atomic E-state index is 9.53. The molecule has 0 aliphatic heterocycles. The topological polar surface area (TPSA) is 80.5 Å². The van der Waals surface area contributed by atoms with E-state index in [4.69, 9.17) is 14.9 Å². The minimum Gasteiger partial charge on any atom is -0.500 e. The van der Waals surface area contributed by atoms with Gasteiger partial charge < -0.3 is 19.0 Å². The van der Waals surface area contributed by atoms with Gasteiger partial charge in [0.15, 0.2) is 0 Å². The van der Waals surface area contributed by atoms with Crippen LogP contribution in [0.1, 0.15) is 61.7 Å². The van der Waals surface area contributed by atoms with E-state index < -0.39 is 16.1 Å². The van der Waals surface area contributed by atoms with Crippen LogP contribution in [-0.4, -0.2) is 35.7 Å². The van der Waals surface area contributed by atoms with Crippen LogP contribution in [0.5, 0.6) is 0 Å². The van der Waals surface area contributed by atoms with E-state index in [1.54, 1.807) is 18.3 Å². The molecule has 402 valence electrons. The number of benzene rings is 8. The summed E-state index contributed by atoms with van der Waals surface area (Å²) in [7, 11) is -2.66. The average Bonchev–Trinajstić information content (AvgIpc) is 2.45. The van der Waals surface area contributed by atoms with Crippen molar-refractivity contribution in [3.8, 4) is 67.9 Å². The first-order valence-corrected chi connectivity index (χ1v) is 34.2. The van der Waals surface area contributed by atoms with Crippen molar-refractivity contribution in [1.82, 2.24) is 19.5 Å². The fourth-order valence-corrected chi connectivity index (χ4v) is 11.9. The molecule has 0 unspecified atom stereocenters. The summed E-state index contributed by atoms with van der Waals surface area (Å²) in [5.41, 5.74) is 16.1. The second-order valence-electron chi connectivity index (χ2n) is 22.7. The zero-order chi connectivity index (χ0) is 59.6. The molecule has 6 nitrogen and oxygen atoms in total. The van der Waals surface area contributed by atoms with Crippen LogP contribution in [0.25, 0.3) is 94.8 Å². The predicted molar refractivity (Wildman–Crippen MR) is 339 cm³/mol. The van der Waals surface area contributed by atoms with E-state index in [1.807, 2.05) is 66.9 Å². The van der Waals surface area contributed by atoms with Crippen molar-refractivity contribution in [3.63, 3.8) is 0 Å². The van der Waals surface area contributed by atoms with Gasteiger partial charge in [0, 0.05) is 26.2 Å². The second-order valence-corrected chi connectivity index (χ2v) is 32.8. The molecule has 0 amide bonds. The fourth-order valence-electron chi connectivity index (χ4n) is 9.78. The molecule has 0 saturated carbocycles. The number of imidazole rings is 1. The molecule has 0 bridgehead atoms. The molecule has 0 saturated heterocycles. The van der Waals surface area contributed by atoms with Gasteiger partial charge in [-0.15, -0.1) is 89.9 Å². The number of nitrogens with zero attached hydrogens (tertiary/aromatic N) is 5. The zero-order valence-electron chi connectivity index (χ0n) is 51.5. The number of nitriles is 1. The van der Waals surface area contributed by atoms with Crippen molar-refractivity contribution in [1.29, 1.82) is 5.26 Å². The Kier molecular flexibility index (Phi) is 16.0. The number of furan rings is 1. The van der Waals surface area contributed by atoms with E-state index in [0.29, 0.717) is 28.0 Å². The van der Waals surface area contributed by atoms with E-state index in [-0.39, 0.29) is 56.1 Å². The van der Waals surface area contributed by atoms with Gasteiger partial charge in [-0.1, -0.05) is 175 Å². The van der Waals surface area contributed by atoms with E-state index >= 15 is 0 Å². The molecule has 4 heterocycles. The number of hydrogen-bond acceptors (Lipinski definition) is 5. The van der Waals surface area contributed by atoms with Gasteiger partial charge in [0.1, 0.15) is 5.58 Å². The van der Waals surface area contributed by atoms with E-state index in [2.05, 4.69) is 203 Å². The van der Waals surface area contributed by atoms with Crippen LogP contribution in [0.4, 0.5) is 0 Å². The smallest absolute Gasteiger partial charge is 0.500 e. The maximum atomic E-state index is 9.53. The molecule has 12 aromatic rings. The van der Waals surface area contributed by atoms with Crippen molar-refractivity contribution >= 4 is 59.5 Å². The van der Waals surface area contributed by atoms with E-state index in [9.17, 15) is 5.26 Å². The largest absolute Gasteiger partial charge is 3.00 e. The summed E-state index contributed by atoms with van der Waals surface area (Å²) in [5.74, 6) is 1.26. The van der Waals surface area contributed by atoms with Crippen molar-refractivity contribution in [2.45, 2.75) is 78.8 Å². The first kappa shape index (κ1) is 52.3. The quantitative estimate of drug-likeness (QED) is 0.101. The van der Waals surface area contributed by atoms with Crippen molar-refractivity contribution in [2.24, 2.45) is 0 Å². The van der Waals surface area contributed by atoms with Crippen LogP contribution in [0.15, 0.2) is 211 Å². The number of pyridine rings is 2. The van der Waals surface area contributed by atoms with E-state index in [1.165, 1.54) is 43.8 Å². The molecular weight excluding hydrogens is 1200 g/mol. The third-order valence-electron chi connectivity index (χ3n) is 14.3. The summed E-state index contributed by atoms with van der Waals surface area (Å²) in [6, 6.07) is 68.9. The number of para-hydroxylation sites is 2. The molecule has 0 aliphatic rings. The van der Waals surface area contributed by atoms with Crippen LogP contribution in [0, 0.1) is 29.5 Å². The van der Waals surface area contributed by atoms with Crippen LogP contribution in [0.2, 0.25) is 39.3 Å². The molecule has 0 fully saturated rings. The zero-order valence-corrected chi connectivity index (χ0v) is 51.8. The van der Waals surface area contributed by atoms with Gasteiger partial charge in [0.05, 0.1) is 50.2 Å². The Morgan fingerprint density at radius 3 is 1.78 bits per heavy atom. The molecule has 12 rings (SSSR count). The van der Waals surface area contributed by atoms with Crippen molar-refractivity contribution < 1.29 is 30.0 Å². The summed E-state index contributed by atoms with van der Waals surface area (Å²) < 4.78 is 39.5. The maximum Gasteiger partial charge on any atom is 3.00 e. The fraction of sp³-hybridized carbons (Fsp3) is 0.167. The standard InChI is InChI=1S/C44H34N3O.2C14H16NSi.Ir/c1-27(2)37-24-33(32-20-18-31(19-21-32)30-11-6-5-7-12-30)25-38(28(3)4)42(37)47-40-16-9-8-15-39(40)46-44(47)36-14-10-13-35-34-22-17-29(26-45)23-41(34)48-43(35)36;2*1-16(2,3)13-9-10-14(15-11-13)12-7-5-4-6-8-12;/h5-13,15-25,27-28H,1-4H3;2*4-7,9-11H,1-3H3;/q3*-1;+3/i;4D,5D,6D,7D;;. The normalized spacial score (nSPS) is 12.1. The molecule has 0 spiro atoms. The van der Waals surface area contributed by atoms with Gasteiger partial charge >= 0.3 is 20.1 Å². The van der Waals surface area contributed by atoms with Gasteiger partial charge in [-0.25, -0.2) is 0 Å². The molecule has 81 heavy (non-hydrogen) atoms. The Balaban J connectivity index is 0.000000191. The Morgan fingerprint density at radius 1 is 0.580 bits per heavy atom. The minimum absolute atomic E-state index is 0. The van der Waals surface area contributed by atoms with Gasteiger partial charge in [-0.2, -0.15) is 5.26 Å². The molecule has 9 heteroatoms. The summed E-state index contributed by atoms with van der Waals surface area (Å²) in [6.45, 7) is 22.7. The second kappa shape index (κ2) is 24.7. The molecule has 0 atom stereocenters. The predicted octanol–water partition coefficient (Wildman–Crippen LogP) is 18.0.